The van der Waals surface area contributed by atoms with Crippen molar-refractivity contribution in [2.45, 2.75) is 67.9 Å². The molecule has 4 fully saturated rings. The summed E-state index contributed by atoms with van der Waals surface area (Å²) in [4.78, 5) is 25.6. The number of thioether (sulfide) groups is 1. The Bertz CT molecular complexity index is 1020. The first-order valence-electron chi connectivity index (χ1n) is 11.8. The molecule has 4 bridgehead atoms. The van der Waals surface area contributed by atoms with Crippen LogP contribution in [0.4, 0.5) is 4.79 Å². The second-order valence-corrected chi connectivity index (χ2v) is 11.3. The average molecular weight is 466 g/mol. The van der Waals surface area contributed by atoms with Gasteiger partial charge in [-0.2, -0.15) is 0 Å². The fourth-order valence-corrected chi connectivity index (χ4v) is 7.29. The smallest absolute Gasteiger partial charge is 0.321 e. The molecule has 2 aromatic rings. The highest BCUT2D eigenvalue weighted by molar-refractivity contribution is 8.00. The predicted octanol–water partition coefficient (Wildman–Crippen LogP) is 4.41. The zero-order valence-electron chi connectivity index (χ0n) is 19.0. The Labute approximate surface area is 198 Å². The summed E-state index contributed by atoms with van der Waals surface area (Å²) in [5, 5.41) is 14.5. The molecule has 8 heteroatoms. The van der Waals surface area contributed by atoms with E-state index in [1.807, 2.05) is 34.9 Å². The molecule has 4 aliphatic carbocycles. The zero-order valence-corrected chi connectivity index (χ0v) is 19.8. The van der Waals surface area contributed by atoms with Gasteiger partial charge < -0.3 is 5.32 Å². The van der Waals surface area contributed by atoms with Gasteiger partial charge in [0, 0.05) is 17.6 Å². The normalized spacial score (nSPS) is 28.3. The van der Waals surface area contributed by atoms with Crippen molar-refractivity contribution in [1.82, 2.24) is 25.4 Å². The van der Waals surface area contributed by atoms with E-state index in [1.165, 1.54) is 31.0 Å². The molecule has 0 aliphatic heterocycles. The summed E-state index contributed by atoms with van der Waals surface area (Å²) in [5.41, 5.74) is 0.829. The average Bonchev–Trinajstić information content (AvgIpc) is 3.15. The van der Waals surface area contributed by atoms with Crippen LogP contribution in [0.5, 0.6) is 0 Å². The number of hydrogen-bond acceptors (Lipinski definition) is 5. The van der Waals surface area contributed by atoms with Crippen molar-refractivity contribution < 1.29 is 9.59 Å². The van der Waals surface area contributed by atoms with Gasteiger partial charge in [0.2, 0.25) is 5.91 Å². The van der Waals surface area contributed by atoms with E-state index in [9.17, 15) is 9.59 Å². The molecule has 0 unspecified atom stereocenters. The number of rotatable bonds is 7. The van der Waals surface area contributed by atoms with Crippen LogP contribution in [0, 0.1) is 17.8 Å². The van der Waals surface area contributed by atoms with Crippen LogP contribution < -0.4 is 10.6 Å². The van der Waals surface area contributed by atoms with Crippen molar-refractivity contribution in [3.63, 3.8) is 0 Å². The Morgan fingerprint density at radius 1 is 1.15 bits per heavy atom. The van der Waals surface area contributed by atoms with Crippen LogP contribution in [0.25, 0.3) is 11.4 Å². The number of carbonyl (C=O) groups is 2. The maximum atomic E-state index is 12.8. The summed E-state index contributed by atoms with van der Waals surface area (Å²) in [6, 6.07) is 9.44. The van der Waals surface area contributed by atoms with Crippen LogP contribution in [0.1, 0.15) is 45.4 Å². The number of hydrogen-bond donors (Lipinski definition) is 2. The number of imide groups is 1. The number of allylic oxidation sites excluding steroid dienone is 1. The SMILES string of the molecule is C=CCn1c(S[C@H](C)C(=O)NC(=O)NC23CC4CC(CC(C4)C2)C3)nnc1-c1ccccc1. The molecular formula is C25H31N5O2S. The largest absolute Gasteiger partial charge is 0.332 e. The van der Waals surface area contributed by atoms with Crippen LogP contribution in [-0.4, -0.2) is 37.5 Å². The number of benzene rings is 1. The van der Waals surface area contributed by atoms with E-state index in [2.05, 4.69) is 27.4 Å². The molecule has 1 aromatic heterocycles. The van der Waals surface area contributed by atoms with Gasteiger partial charge in [0.15, 0.2) is 11.0 Å². The van der Waals surface area contributed by atoms with Gasteiger partial charge in [-0.1, -0.05) is 48.2 Å². The highest BCUT2D eigenvalue weighted by Gasteiger charge is 2.51. The number of urea groups is 1. The number of aromatic nitrogens is 3. The highest BCUT2D eigenvalue weighted by Crippen LogP contribution is 2.55. The number of nitrogens with zero attached hydrogens (tertiary/aromatic N) is 3. The summed E-state index contributed by atoms with van der Waals surface area (Å²) in [7, 11) is 0. The molecule has 6 rings (SSSR count). The van der Waals surface area contributed by atoms with E-state index < -0.39 is 5.25 Å². The topological polar surface area (TPSA) is 88.9 Å². The first-order chi connectivity index (χ1) is 15.9. The maximum Gasteiger partial charge on any atom is 0.321 e. The molecule has 0 radical (unpaired) electrons. The summed E-state index contributed by atoms with van der Waals surface area (Å²) in [5.74, 6) is 2.60. The van der Waals surface area contributed by atoms with Gasteiger partial charge in [-0.05, 0) is 63.2 Å². The van der Waals surface area contributed by atoms with Gasteiger partial charge >= 0.3 is 6.03 Å². The van der Waals surface area contributed by atoms with Gasteiger partial charge in [0.25, 0.3) is 0 Å². The van der Waals surface area contributed by atoms with Crippen LogP contribution in [0.15, 0.2) is 48.1 Å². The monoisotopic (exact) mass is 465 g/mol. The van der Waals surface area contributed by atoms with Crippen LogP contribution in [0.2, 0.25) is 0 Å². The second kappa shape index (κ2) is 8.97. The molecule has 3 amide bonds. The van der Waals surface area contributed by atoms with Crippen molar-refractivity contribution in [3.8, 4) is 11.4 Å². The molecule has 1 atom stereocenters. The molecule has 0 spiro atoms. The Balaban J connectivity index is 1.22. The fraction of sp³-hybridized carbons (Fsp3) is 0.520. The summed E-state index contributed by atoms with van der Waals surface area (Å²) >= 11 is 1.30. The Morgan fingerprint density at radius 3 is 2.39 bits per heavy atom. The summed E-state index contributed by atoms with van der Waals surface area (Å²) in [6.45, 7) is 6.15. The third-order valence-electron chi connectivity index (χ3n) is 7.37. The number of nitrogens with one attached hydrogen (secondary N) is 2. The quantitative estimate of drug-likeness (QED) is 0.467. The lowest BCUT2D eigenvalue weighted by Crippen LogP contribution is -2.62. The molecule has 1 aromatic carbocycles. The van der Waals surface area contributed by atoms with Crippen LogP contribution in [-0.2, 0) is 11.3 Å². The highest BCUT2D eigenvalue weighted by atomic mass is 32.2. The van der Waals surface area contributed by atoms with Gasteiger partial charge in [-0.25, -0.2) is 4.79 Å². The van der Waals surface area contributed by atoms with Crippen molar-refractivity contribution in [3.05, 3.63) is 43.0 Å². The van der Waals surface area contributed by atoms with Gasteiger partial charge in [0.1, 0.15) is 0 Å². The van der Waals surface area contributed by atoms with E-state index in [1.54, 1.807) is 13.0 Å². The Morgan fingerprint density at radius 2 is 1.79 bits per heavy atom. The zero-order chi connectivity index (χ0) is 23.0. The minimum Gasteiger partial charge on any atom is -0.332 e. The molecule has 174 valence electrons. The lowest BCUT2D eigenvalue weighted by molar-refractivity contribution is -0.119. The Hall–Kier alpha value is -2.61. The van der Waals surface area contributed by atoms with Crippen molar-refractivity contribution in [1.29, 1.82) is 0 Å². The first kappa shape index (κ1) is 22.2. The molecule has 4 aliphatic rings. The second-order valence-electron chi connectivity index (χ2n) is 9.97. The van der Waals surface area contributed by atoms with Crippen LogP contribution >= 0.6 is 11.8 Å². The van der Waals surface area contributed by atoms with E-state index >= 15 is 0 Å². The maximum absolute atomic E-state index is 12.8. The van der Waals surface area contributed by atoms with Gasteiger partial charge in [-0.3, -0.25) is 14.7 Å². The van der Waals surface area contributed by atoms with E-state index in [4.69, 9.17) is 0 Å². The lowest BCUT2D eigenvalue weighted by Gasteiger charge is -2.56. The minimum absolute atomic E-state index is 0.121. The molecule has 2 N–H and O–H groups in total. The minimum atomic E-state index is -0.497. The molecule has 33 heavy (non-hydrogen) atoms. The molecule has 7 nitrogen and oxygen atoms in total. The molecular weight excluding hydrogens is 434 g/mol. The fourth-order valence-electron chi connectivity index (χ4n) is 6.43. The van der Waals surface area contributed by atoms with Crippen molar-refractivity contribution in [2.75, 3.05) is 0 Å². The van der Waals surface area contributed by atoms with E-state index in [-0.39, 0.29) is 17.5 Å². The van der Waals surface area contributed by atoms with Gasteiger partial charge in [-0.15, -0.1) is 16.8 Å². The predicted molar refractivity (Wildman–Crippen MR) is 129 cm³/mol. The molecule has 1 heterocycles. The molecule has 0 saturated heterocycles. The lowest BCUT2D eigenvalue weighted by atomic mass is 9.53. The van der Waals surface area contributed by atoms with Crippen molar-refractivity contribution in [2.24, 2.45) is 17.8 Å². The van der Waals surface area contributed by atoms with E-state index in [0.29, 0.717) is 11.7 Å². The summed E-state index contributed by atoms with van der Waals surface area (Å²) < 4.78 is 1.94. The summed E-state index contributed by atoms with van der Waals surface area (Å²) in [6.07, 6.45) is 8.87. The first-order valence-corrected chi connectivity index (χ1v) is 12.7. The third-order valence-corrected chi connectivity index (χ3v) is 8.45. The Kier molecular flexibility index (Phi) is 6.03. The number of amides is 3. The van der Waals surface area contributed by atoms with Crippen LogP contribution in [0.3, 0.4) is 0 Å². The van der Waals surface area contributed by atoms with Gasteiger partial charge in [0.05, 0.1) is 5.25 Å². The third kappa shape index (κ3) is 4.58. The molecule has 4 saturated carbocycles. The van der Waals surface area contributed by atoms with E-state index in [0.717, 1.165) is 48.4 Å². The number of carbonyl (C=O) groups excluding carboxylic acids is 2. The van der Waals surface area contributed by atoms with Crippen molar-refractivity contribution >= 4 is 23.7 Å². The standard InChI is InChI=1S/C25H31N5O2S/c1-3-9-30-21(20-7-5-4-6-8-20)28-29-24(30)33-16(2)22(31)26-23(32)27-25-13-17-10-18(14-25)12-19(11-17)15-25/h3-8,16-19H,1,9-15H2,2H3,(H2,26,27,31,32)/t16-,17?,18?,19?,25?/m1/s1.